The van der Waals surface area contributed by atoms with E-state index in [1.54, 1.807) is 12.1 Å². The lowest BCUT2D eigenvalue weighted by atomic mass is 10.1. The summed E-state index contributed by atoms with van der Waals surface area (Å²) >= 11 is 0. The first kappa shape index (κ1) is 26.4. The summed E-state index contributed by atoms with van der Waals surface area (Å²) in [6, 6.07) is 15.9. The van der Waals surface area contributed by atoms with Gasteiger partial charge in [0, 0.05) is 13.1 Å². The summed E-state index contributed by atoms with van der Waals surface area (Å²) in [4.78, 5) is 28.0. The number of nitrogens with zero attached hydrogens (tertiary/aromatic N) is 2. The summed E-state index contributed by atoms with van der Waals surface area (Å²) in [5, 5.41) is 2.87. The number of anilines is 1. The van der Waals surface area contributed by atoms with E-state index < -0.39 is 22.0 Å². The lowest BCUT2D eigenvalue weighted by molar-refractivity contribution is -0.140. The van der Waals surface area contributed by atoms with Crippen molar-refractivity contribution < 1.29 is 18.0 Å². The summed E-state index contributed by atoms with van der Waals surface area (Å²) in [7, 11) is -3.73. The van der Waals surface area contributed by atoms with Crippen LogP contribution in [-0.2, 0) is 32.6 Å². The minimum atomic E-state index is -3.73. The molecule has 180 valence electrons. The van der Waals surface area contributed by atoms with Gasteiger partial charge in [0.1, 0.15) is 12.6 Å². The van der Waals surface area contributed by atoms with Crippen LogP contribution in [0.2, 0.25) is 0 Å². The normalized spacial score (nSPS) is 12.1. The monoisotopic (exact) mass is 473 g/mol. The Hall–Kier alpha value is -2.87. The lowest BCUT2D eigenvalue weighted by Gasteiger charge is -2.33. The van der Waals surface area contributed by atoms with Crippen LogP contribution in [0.1, 0.15) is 44.7 Å². The van der Waals surface area contributed by atoms with Crippen molar-refractivity contribution in [2.24, 2.45) is 0 Å². The number of benzene rings is 2. The Morgan fingerprint density at radius 3 is 2.18 bits per heavy atom. The van der Waals surface area contributed by atoms with Gasteiger partial charge in [-0.15, -0.1) is 0 Å². The second-order valence-electron chi connectivity index (χ2n) is 7.97. The Morgan fingerprint density at radius 2 is 1.61 bits per heavy atom. The van der Waals surface area contributed by atoms with Gasteiger partial charge in [-0.2, -0.15) is 0 Å². The van der Waals surface area contributed by atoms with Crippen LogP contribution in [0.15, 0.2) is 54.6 Å². The molecule has 2 rings (SSSR count). The number of aryl methyl sites for hydroxylation is 1. The summed E-state index contributed by atoms with van der Waals surface area (Å²) in [6.45, 7) is 6.10. The molecule has 0 saturated heterocycles. The van der Waals surface area contributed by atoms with Crippen molar-refractivity contribution in [3.05, 3.63) is 65.7 Å². The number of sulfonamides is 1. The van der Waals surface area contributed by atoms with Gasteiger partial charge in [-0.3, -0.25) is 13.9 Å². The van der Waals surface area contributed by atoms with Crippen LogP contribution >= 0.6 is 0 Å². The van der Waals surface area contributed by atoms with Crippen LogP contribution < -0.4 is 9.62 Å². The standard InChI is InChI=1S/C25H35N3O4S/c1-5-17-26-25(30)22(7-3)27(18-20-13-9-8-10-14-20)24(29)19-28(33(4,31)32)23-16-12-11-15-21(23)6-2/h8-16,22H,5-7,17-19H2,1-4H3,(H,26,30)/t22-/m1/s1. The molecule has 0 aliphatic rings. The Morgan fingerprint density at radius 1 is 0.970 bits per heavy atom. The fraction of sp³-hybridized carbons (Fsp3) is 0.440. The molecule has 2 aromatic carbocycles. The van der Waals surface area contributed by atoms with Crippen LogP contribution in [0.3, 0.4) is 0 Å². The second-order valence-corrected chi connectivity index (χ2v) is 9.88. The van der Waals surface area contributed by atoms with Crippen molar-refractivity contribution in [2.45, 2.75) is 52.6 Å². The minimum absolute atomic E-state index is 0.213. The molecular formula is C25H35N3O4S. The van der Waals surface area contributed by atoms with Gasteiger partial charge in [0.25, 0.3) is 0 Å². The summed E-state index contributed by atoms with van der Waals surface area (Å²) < 4.78 is 26.6. The summed E-state index contributed by atoms with van der Waals surface area (Å²) in [5.74, 6) is -0.655. The molecular weight excluding hydrogens is 438 g/mol. The van der Waals surface area contributed by atoms with E-state index in [2.05, 4.69) is 5.32 Å². The molecule has 0 heterocycles. The molecule has 2 amide bonds. The Bertz CT molecular complexity index is 1020. The highest BCUT2D eigenvalue weighted by Crippen LogP contribution is 2.24. The molecule has 0 radical (unpaired) electrons. The van der Waals surface area contributed by atoms with Gasteiger partial charge in [-0.1, -0.05) is 69.3 Å². The molecule has 0 aliphatic carbocycles. The van der Waals surface area contributed by atoms with E-state index in [1.165, 1.54) is 4.90 Å². The molecule has 0 aromatic heterocycles. The SMILES string of the molecule is CCCNC(=O)[C@@H](CC)N(Cc1ccccc1)C(=O)CN(c1ccccc1CC)S(C)(=O)=O. The number of carbonyl (C=O) groups excluding carboxylic acids is 2. The average molecular weight is 474 g/mol. The van der Waals surface area contributed by atoms with Crippen LogP contribution in [-0.4, -0.2) is 50.5 Å². The van der Waals surface area contributed by atoms with Gasteiger partial charge in [-0.25, -0.2) is 8.42 Å². The zero-order valence-corrected chi connectivity index (χ0v) is 20.8. The van der Waals surface area contributed by atoms with Crippen LogP contribution in [0.25, 0.3) is 0 Å². The molecule has 33 heavy (non-hydrogen) atoms. The maximum atomic E-state index is 13.6. The molecule has 0 fully saturated rings. The lowest BCUT2D eigenvalue weighted by Crippen LogP contribution is -2.52. The van der Waals surface area contributed by atoms with Crippen molar-refractivity contribution in [1.82, 2.24) is 10.2 Å². The maximum absolute atomic E-state index is 13.6. The smallest absolute Gasteiger partial charge is 0.244 e. The number of carbonyl (C=O) groups is 2. The van der Waals surface area contributed by atoms with Crippen molar-refractivity contribution in [3.63, 3.8) is 0 Å². The average Bonchev–Trinajstić information content (AvgIpc) is 2.80. The number of nitrogens with one attached hydrogen (secondary N) is 1. The molecule has 0 spiro atoms. The fourth-order valence-electron chi connectivity index (χ4n) is 3.71. The van der Waals surface area contributed by atoms with Crippen LogP contribution in [0.5, 0.6) is 0 Å². The van der Waals surface area contributed by atoms with E-state index in [4.69, 9.17) is 0 Å². The van der Waals surface area contributed by atoms with Crippen molar-refractivity contribution >= 4 is 27.5 Å². The highest BCUT2D eigenvalue weighted by Gasteiger charge is 2.32. The molecule has 2 aromatic rings. The molecule has 0 aliphatic heterocycles. The Labute approximate surface area is 197 Å². The Balaban J connectivity index is 2.43. The third-order valence-electron chi connectivity index (χ3n) is 5.45. The largest absolute Gasteiger partial charge is 0.354 e. The zero-order valence-electron chi connectivity index (χ0n) is 20.0. The van der Waals surface area contributed by atoms with Gasteiger partial charge in [0.05, 0.1) is 11.9 Å². The third kappa shape index (κ3) is 7.32. The highest BCUT2D eigenvalue weighted by molar-refractivity contribution is 7.92. The molecule has 1 atom stereocenters. The van der Waals surface area contributed by atoms with Gasteiger partial charge >= 0.3 is 0 Å². The first-order chi connectivity index (χ1) is 15.7. The van der Waals surface area contributed by atoms with Crippen LogP contribution in [0.4, 0.5) is 5.69 Å². The topological polar surface area (TPSA) is 86.8 Å². The number of hydrogen-bond acceptors (Lipinski definition) is 4. The van der Waals surface area contributed by atoms with E-state index in [1.807, 2.05) is 63.2 Å². The highest BCUT2D eigenvalue weighted by atomic mass is 32.2. The van der Waals surface area contributed by atoms with E-state index >= 15 is 0 Å². The quantitative estimate of drug-likeness (QED) is 0.512. The third-order valence-corrected chi connectivity index (χ3v) is 6.58. The fourth-order valence-corrected chi connectivity index (χ4v) is 4.59. The molecule has 8 heteroatoms. The summed E-state index contributed by atoms with van der Waals surface area (Å²) in [5.41, 5.74) is 2.18. The Kier molecular flexibility index (Phi) is 9.91. The molecule has 1 N–H and O–H groups in total. The van der Waals surface area contributed by atoms with Gasteiger partial charge in [-0.05, 0) is 36.5 Å². The first-order valence-electron chi connectivity index (χ1n) is 11.4. The number of para-hydroxylation sites is 1. The molecule has 0 unspecified atom stereocenters. The molecule has 0 saturated carbocycles. The second kappa shape index (κ2) is 12.4. The van der Waals surface area contributed by atoms with Crippen LogP contribution in [0, 0.1) is 0 Å². The maximum Gasteiger partial charge on any atom is 0.244 e. The van der Waals surface area contributed by atoms with Crippen molar-refractivity contribution in [3.8, 4) is 0 Å². The first-order valence-corrected chi connectivity index (χ1v) is 13.2. The predicted molar refractivity (Wildman–Crippen MR) is 132 cm³/mol. The van der Waals surface area contributed by atoms with E-state index in [0.717, 1.165) is 28.1 Å². The molecule has 7 nitrogen and oxygen atoms in total. The van der Waals surface area contributed by atoms with Gasteiger partial charge in [0.15, 0.2) is 0 Å². The van der Waals surface area contributed by atoms with E-state index in [-0.39, 0.29) is 19.0 Å². The predicted octanol–water partition coefficient (Wildman–Crippen LogP) is 3.35. The minimum Gasteiger partial charge on any atom is -0.354 e. The number of hydrogen-bond donors (Lipinski definition) is 1. The van der Waals surface area contributed by atoms with Gasteiger partial charge in [0.2, 0.25) is 21.8 Å². The zero-order chi connectivity index (χ0) is 24.4. The summed E-state index contributed by atoms with van der Waals surface area (Å²) in [6.07, 6.45) is 2.92. The molecule has 0 bridgehead atoms. The van der Waals surface area contributed by atoms with Crippen molar-refractivity contribution in [2.75, 3.05) is 23.7 Å². The number of amides is 2. The van der Waals surface area contributed by atoms with Crippen molar-refractivity contribution in [1.29, 1.82) is 0 Å². The van der Waals surface area contributed by atoms with E-state index in [0.29, 0.717) is 25.1 Å². The number of rotatable bonds is 12. The van der Waals surface area contributed by atoms with Gasteiger partial charge < -0.3 is 10.2 Å². The van der Waals surface area contributed by atoms with E-state index in [9.17, 15) is 18.0 Å².